The second-order valence-corrected chi connectivity index (χ2v) is 5.76. The largest absolute Gasteiger partial charge is 0.396 e. The van der Waals surface area contributed by atoms with E-state index >= 15 is 0 Å². The highest BCUT2D eigenvalue weighted by atomic mass is 32.2. The second-order valence-electron chi connectivity index (χ2n) is 4.66. The van der Waals surface area contributed by atoms with Gasteiger partial charge in [-0.15, -0.1) is 0 Å². The summed E-state index contributed by atoms with van der Waals surface area (Å²) in [5.41, 5.74) is 5.12. The third-order valence-electron chi connectivity index (χ3n) is 3.36. The number of aliphatic hydroxyl groups is 1. The predicted octanol–water partition coefficient (Wildman–Crippen LogP) is 3.83. The zero-order valence-corrected chi connectivity index (χ0v) is 12.0. The van der Waals surface area contributed by atoms with Crippen molar-refractivity contribution in [3.63, 3.8) is 0 Å². The third kappa shape index (κ3) is 2.60. The molecule has 0 fully saturated rings. The number of rotatable bonds is 5. The Hall–Kier alpha value is -1.71. The molecule has 3 aromatic rings. The SMILES string of the molecule is OCCSCc1c(-c2ccccc2)cn2ccccc12. The van der Waals surface area contributed by atoms with Crippen LogP contribution in [0.1, 0.15) is 5.56 Å². The average Bonchev–Trinajstić information content (AvgIpc) is 2.87. The van der Waals surface area contributed by atoms with Gasteiger partial charge in [0.1, 0.15) is 0 Å². The Morgan fingerprint density at radius 2 is 1.80 bits per heavy atom. The first-order valence-corrected chi connectivity index (χ1v) is 7.88. The fourth-order valence-electron chi connectivity index (χ4n) is 2.44. The predicted molar refractivity (Wildman–Crippen MR) is 86.1 cm³/mol. The van der Waals surface area contributed by atoms with E-state index in [1.54, 1.807) is 11.8 Å². The minimum absolute atomic E-state index is 0.233. The van der Waals surface area contributed by atoms with Crippen LogP contribution in [0.2, 0.25) is 0 Å². The van der Waals surface area contributed by atoms with Gasteiger partial charge in [0.05, 0.1) is 6.61 Å². The highest BCUT2D eigenvalue weighted by Crippen LogP contribution is 2.31. The topological polar surface area (TPSA) is 24.6 Å². The molecule has 1 aromatic carbocycles. The lowest BCUT2D eigenvalue weighted by atomic mass is 10.0. The highest BCUT2D eigenvalue weighted by molar-refractivity contribution is 7.98. The summed E-state index contributed by atoms with van der Waals surface area (Å²) in [6.07, 6.45) is 4.28. The minimum atomic E-state index is 0.233. The van der Waals surface area contributed by atoms with Gasteiger partial charge in [-0.2, -0.15) is 11.8 Å². The van der Waals surface area contributed by atoms with Gasteiger partial charge < -0.3 is 9.51 Å². The van der Waals surface area contributed by atoms with Crippen LogP contribution in [-0.4, -0.2) is 21.9 Å². The van der Waals surface area contributed by atoms with Gasteiger partial charge in [0.2, 0.25) is 0 Å². The van der Waals surface area contributed by atoms with Crippen molar-refractivity contribution in [1.82, 2.24) is 4.40 Å². The Kier molecular flexibility index (Phi) is 4.09. The summed E-state index contributed by atoms with van der Waals surface area (Å²) in [6, 6.07) is 16.8. The van der Waals surface area contributed by atoms with E-state index in [1.165, 1.54) is 22.2 Å². The molecule has 2 nitrogen and oxygen atoms in total. The van der Waals surface area contributed by atoms with Crippen LogP contribution in [0.25, 0.3) is 16.6 Å². The normalized spacial score (nSPS) is 11.1. The number of aromatic nitrogens is 1. The number of pyridine rings is 1. The van der Waals surface area contributed by atoms with E-state index in [9.17, 15) is 0 Å². The summed E-state index contributed by atoms with van der Waals surface area (Å²) in [7, 11) is 0. The van der Waals surface area contributed by atoms with Crippen molar-refractivity contribution in [3.8, 4) is 11.1 Å². The van der Waals surface area contributed by atoms with Crippen molar-refractivity contribution in [1.29, 1.82) is 0 Å². The van der Waals surface area contributed by atoms with Crippen LogP contribution >= 0.6 is 11.8 Å². The molecule has 0 saturated carbocycles. The van der Waals surface area contributed by atoms with Crippen LogP contribution in [0.15, 0.2) is 60.9 Å². The van der Waals surface area contributed by atoms with E-state index in [0.29, 0.717) is 0 Å². The number of thioether (sulfide) groups is 1. The van der Waals surface area contributed by atoms with Crippen molar-refractivity contribution in [2.45, 2.75) is 5.75 Å². The Morgan fingerprint density at radius 1 is 1.00 bits per heavy atom. The van der Waals surface area contributed by atoms with Crippen LogP contribution < -0.4 is 0 Å². The molecular weight excluding hydrogens is 266 g/mol. The van der Waals surface area contributed by atoms with E-state index in [2.05, 4.69) is 53.2 Å². The summed E-state index contributed by atoms with van der Waals surface area (Å²) >= 11 is 1.77. The molecule has 0 atom stereocenters. The number of benzene rings is 1. The standard InChI is InChI=1S/C17H17NOS/c19-10-11-20-13-16-15(14-6-2-1-3-7-14)12-18-9-5-4-8-17(16)18/h1-9,12,19H,10-11,13H2. The summed E-state index contributed by atoms with van der Waals surface area (Å²) in [4.78, 5) is 0. The molecule has 0 spiro atoms. The van der Waals surface area contributed by atoms with Gasteiger partial charge in [-0.25, -0.2) is 0 Å². The molecule has 20 heavy (non-hydrogen) atoms. The molecule has 1 N–H and O–H groups in total. The Morgan fingerprint density at radius 3 is 2.60 bits per heavy atom. The van der Waals surface area contributed by atoms with E-state index < -0.39 is 0 Å². The molecule has 102 valence electrons. The summed E-state index contributed by atoms with van der Waals surface area (Å²) < 4.78 is 2.18. The quantitative estimate of drug-likeness (QED) is 0.720. The fraction of sp³-hybridized carbons (Fsp3) is 0.176. The fourth-order valence-corrected chi connectivity index (χ4v) is 3.22. The summed E-state index contributed by atoms with van der Waals surface area (Å²) in [5, 5.41) is 8.97. The van der Waals surface area contributed by atoms with Crippen LogP contribution in [0.4, 0.5) is 0 Å². The number of hydrogen-bond donors (Lipinski definition) is 1. The first-order valence-electron chi connectivity index (χ1n) is 6.73. The molecule has 0 saturated heterocycles. The van der Waals surface area contributed by atoms with Gasteiger partial charge in [0.25, 0.3) is 0 Å². The van der Waals surface area contributed by atoms with Crippen LogP contribution in [-0.2, 0) is 5.75 Å². The zero-order chi connectivity index (χ0) is 13.8. The molecule has 0 aliphatic carbocycles. The Balaban J connectivity index is 2.08. The van der Waals surface area contributed by atoms with E-state index in [-0.39, 0.29) is 6.61 Å². The first kappa shape index (κ1) is 13.3. The molecule has 0 aliphatic rings. The van der Waals surface area contributed by atoms with Crippen molar-refractivity contribution >= 4 is 17.3 Å². The Labute approximate surface area is 123 Å². The molecule has 0 amide bonds. The molecule has 0 radical (unpaired) electrons. The lowest BCUT2D eigenvalue weighted by Crippen LogP contribution is -1.89. The van der Waals surface area contributed by atoms with Gasteiger partial charge >= 0.3 is 0 Å². The summed E-state index contributed by atoms with van der Waals surface area (Å²) in [6.45, 7) is 0.233. The highest BCUT2D eigenvalue weighted by Gasteiger charge is 2.11. The van der Waals surface area contributed by atoms with Gasteiger partial charge in [-0.1, -0.05) is 36.4 Å². The molecule has 2 heterocycles. The monoisotopic (exact) mass is 283 g/mol. The molecule has 2 aromatic heterocycles. The Bertz CT molecular complexity index is 691. The maximum atomic E-state index is 8.97. The van der Waals surface area contributed by atoms with Crippen LogP contribution in [0.5, 0.6) is 0 Å². The molecule has 0 bridgehead atoms. The number of nitrogens with zero attached hydrogens (tertiary/aromatic N) is 1. The molecule has 0 aliphatic heterocycles. The van der Waals surface area contributed by atoms with Gasteiger partial charge in [-0.3, -0.25) is 0 Å². The molecule has 3 rings (SSSR count). The van der Waals surface area contributed by atoms with E-state index in [0.717, 1.165) is 11.5 Å². The maximum absolute atomic E-state index is 8.97. The van der Waals surface area contributed by atoms with Crippen LogP contribution in [0, 0.1) is 0 Å². The smallest absolute Gasteiger partial charge is 0.0521 e. The second kappa shape index (κ2) is 6.16. The first-order chi connectivity index (χ1) is 9.90. The van der Waals surface area contributed by atoms with Crippen molar-refractivity contribution in [2.75, 3.05) is 12.4 Å². The third-order valence-corrected chi connectivity index (χ3v) is 4.32. The van der Waals surface area contributed by atoms with Crippen molar-refractivity contribution in [3.05, 3.63) is 66.5 Å². The van der Waals surface area contributed by atoms with Gasteiger partial charge in [-0.05, 0) is 23.3 Å². The van der Waals surface area contributed by atoms with Crippen molar-refractivity contribution in [2.24, 2.45) is 0 Å². The van der Waals surface area contributed by atoms with E-state index in [1.807, 2.05) is 12.1 Å². The summed E-state index contributed by atoms with van der Waals surface area (Å²) in [5.74, 6) is 1.70. The van der Waals surface area contributed by atoms with Crippen LogP contribution in [0.3, 0.4) is 0 Å². The lowest BCUT2D eigenvalue weighted by molar-refractivity contribution is 0.322. The zero-order valence-electron chi connectivity index (χ0n) is 11.2. The number of hydrogen-bond acceptors (Lipinski definition) is 2. The van der Waals surface area contributed by atoms with E-state index in [4.69, 9.17) is 5.11 Å². The molecule has 0 unspecified atom stereocenters. The molecule has 3 heteroatoms. The number of aliphatic hydroxyl groups excluding tert-OH is 1. The molecular formula is C17H17NOS. The van der Waals surface area contributed by atoms with Crippen molar-refractivity contribution < 1.29 is 5.11 Å². The number of fused-ring (bicyclic) bond motifs is 1. The average molecular weight is 283 g/mol. The van der Waals surface area contributed by atoms with Gasteiger partial charge in [0, 0.05) is 35.0 Å². The minimum Gasteiger partial charge on any atom is -0.396 e. The van der Waals surface area contributed by atoms with Gasteiger partial charge in [0.15, 0.2) is 0 Å². The maximum Gasteiger partial charge on any atom is 0.0521 e. The lowest BCUT2D eigenvalue weighted by Gasteiger charge is -2.04.